The van der Waals surface area contributed by atoms with Crippen LogP contribution in [0.15, 0.2) is 41.0 Å². The van der Waals surface area contributed by atoms with E-state index in [-0.39, 0.29) is 24.7 Å². The van der Waals surface area contributed by atoms with Crippen LogP contribution < -0.4 is 20.1 Å². The topological polar surface area (TPSA) is 89.8 Å². The van der Waals surface area contributed by atoms with Gasteiger partial charge in [0, 0.05) is 19.4 Å². The maximum Gasteiger partial charge on any atom is 0.220 e. The molecule has 1 aromatic carbocycles. The molecule has 0 bridgehead atoms. The van der Waals surface area contributed by atoms with E-state index >= 15 is 0 Å². The number of furan rings is 1. The van der Waals surface area contributed by atoms with Gasteiger partial charge in [-0.05, 0) is 36.2 Å². The largest absolute Gasteiger partial charge is 0.493 e. The summed E-state index contributed by atoms with van der Waals surface area (Å²) in [7, 11) is 3.17. The number of rotatable bonds is 10. The van der Waals surface area contributed by atoms with Crippen molar-refractivity contribution in [2.24, 2.45) is 0 Å². The summed E-state index contributed by atoms with van der Waals surface area (Å²) in [5.41, 5.74) is 1.03. The molecule has 0 unspecified atom stereocenters. The van der Waals surface area contributed by atoms with E-state index in [0.29, 0.717) is 36.8 Å². The zero-order valence-electron chi connectivity index (χ0n) is 15.0. The van der Waals surface area contributed by atoms with Crippen molar-refractivity contribution in [2.75, 3.05) is 20.8 Å². The molecule has 0 spiro atoms. The number of nitrogens with one attached hydrogen (secondary N) is 2. The number of hydrogen-bond donors (Lipinski definition) is 2. The van der Waals surface area contributed by atoms with Gasteiger partial charge in [0.15, 0.2) is 11.5 Å². The Balaban J connectivity index is 1.64. The molecule has 0 atom stereocenters. The molecule has 2 aromatic rings. The summed E-state index contributed by atoms with van der Waals surface area (Å²) in [5, 5.41) is 5.52. The average molecular weight is 360 g/mol. The zero-order valence-corrected chi connectivity index (χ0v) is 15.0. The van der Waals surface area contributed by atoms with E-state index in [9.17, 15) is 9.59 Å². The van der Waals surface area contributed by atoms with Crippen LogP contribution in [-0.4, -0.2) is 32.6 Å². The van der Waals surface area contributed by atoms with Gasteiger partial charge in [0.05, 0.1) is 27.0 Å². The highest BCUT2D eigenvalue weighted by atomic mass is 16.5. The summed E-state index contributed by atoms with van der Waals surface area (Å²) in [6.45, 7) is 0.815. The van der Waals surface area contributed by atoms with Crippen molar-refractivity contribution in [2.45, 2.75) is 25.8 Å². The SMILES string of the molecule is COc1ccc(CCNC(=O)CCC(=O)NCc2ccco2)cc1OC. The highest BCUT2D eigenvalue weighted by Crippen LogP contribution is 2.27. The smallest absolute Gasteiger partial charge is 0.220 e. The Morgan fingerprint density at radius 3 is 2.38 bits per heavy atom. The number of carbonyl (C=O) groups excluding carboxylic acids is 2. The molecule has 2 N–H and O–H groups in total. The molecule has 0 aliphatic heterocycles. The van der Waals surface area contributed by atoms with Crippen LogP contribution in [0.2, 0.25) is 0 Å². The first-order chi connectivity index (χ1) is 12.6. The van der Waals surface area contributed by atoms with Crippen LogP contribution in [0.4, 0.5) is 0 Å². The van der Waals surface area contributed by atoms with E-state index < -0.39 is 0 Å². The van der Waals surface area contributed by atoms with Crippen molar-refractivity contribution in [3.63, 3.8) is 0 Å². The first-order valence-corrected chi connectivity index (χ1v) is 8.39. The average Bonchev–Trinajstić information content (AvgIpc) is 3.18. The Labute approximate surface area is 152 Å². The Hall–Kier alpha value is -2.96. The lowest BCUT2D eigenvalue weighted by Crippen LogP contribution is -2.28. The highest BCUT2D eigenvalue weighted by Gasteiger charge is 2.08. The molecular formula is C19H24N2O5. The van der Waals surface area contributed by atoms with E-state index in [1.54, 1.807) is 32.6 Å². The van der Waals surface area contributed by atoms with E-state index in [0.717, 1.165) is 5.56 Å². The lowest BCUT2D eigenvalue weighted by Gasteiger charge is -2.10. The second kappa shape index (κ2) is 10.1. The van der Waals surface area contributed by atoms with Gasteiger partial charge >= 0.3 is 0 Å². The van der Waals surface area contributed by atoms with Gasteiger partial charge in [-0.25, -0.2) is 0 Å². The fourth-order valence-electron chi connectivity index (χ4n) is 2.39. The second-order valence-corrected chi connectivity index (χ2v) is 5.65. The van der Waals surface area contributed by atoms with Crippen LogP contribution in [0.3, 0.4) is 0 Å². The highest BCUT2D eigenvalue weighted by molar-refractivity contribution is 5.83. The molecule has 0 radical (unpaired) electrons. The normalized spacial score (nSPS) is 10.2. The summed E-state index contributed by atoms with van der Waals surface area (Å²) >= 11 is 0. The number of benzene rings is 1. The Kier molecular flexibility index (Phi) is 7.54. The third-order valence-corrected chi connectivity index (χ3v) is 3.80. The van der Waals surface area contributed by atoms with E-state index in [4.69, 9.17) is 13.9 Å². The summed E-state index contributed by atoms with van der Waals surface area (Å²) in [6.07, 6.45) is 2.50. The van der Waals surface area contributed by atoms with Gasteiger partial charge in [-0.1, -0.05) is 6.07 Å². The molecule has 7 heteroatoms. The predicted octanol–water partition coefficient (Wildman–Crippen LogP) is 2.05. The first-order valence-electron chi connectivity index (χ1n) is 8.39. The monoisotopic (exact) mass is 360 g/mol. The van der Waals surface area contributed by atoms with Crippen LogP contribution in [-0.2, 0) is 22.6 Å². The first kappa shape index (κ1) is 19.4. The zero-order chi connectivity index (χ0) is 18.8. The molecule has 0 aliphatic rings. The summed E-state index contributed by atoms with van der Waals surface area (Å²) in [4.78, 5) is 23.6. The van der Waals surface area contributed by atoms with Crippen molar-refractivity contribution >= 4 is 11.8 Å². The fourth-order valence-corrected chi connectivity index (χ4v) is 2.39. The van der Waals surface area contributed by atoms with Crippen LogP contribution in [0.1, 0.15) is 24.2 Å². The van der Waals surface area contributed by atoms with Crippen molar-refractivity contribution in [1.29, 1.82) is 0 Å². The van der Waals surface area contributed by atoms with Crippen LogP contribution in [0.25, 0.3) is 0 Å². The molecule has 0 fully saturated rings. The number of hydrogen-bond acceptors (Lipinski definition) is 5. The van der Waals surface area contributed by atoms with Gasteiger partial charge < -0.3 is 24.5 Å². The summed E-state index contributed by atoms with van der Waals surface area (Å²) < 4.78 is 15.6. The van der Waals surface area contributed by atoms with Gasteiger partial charge in [-0.15, -0.1) is 0 Å². The standard InChI is InChI=1S/C19H24N2O5/c1-24-16-6-5-14(12-17(16)25-2)9-10-20-18(22)7-8-19(23)21-13-15-4-3-11-26-15/h3-6,11-12H,7-10,13H2,1-2H3,(H,20,22)(H,21,23). The second-order valence-electron chi connectivity index (χ2n) is 5.65. The van der Waals surface area contributed by atoms with Gasteiger partial charge in [0.25, 0.3) is 0 Å². The molecule has 1 aromatic heterocycles. The molecule has 0 saturated carbocycles. The van der Waals surface area contributed by atoms with Crippen molar-refractivity contribution in [3.8, 4) is 11.5 Å². The molecule has 140 valence electrons. The van der Waals surface area contributed by atoms with Crippen LogP contribution >= 0.6 is 0 Å². The van der Waals surface area contributed by atoms with Gasteiger partial charge in [0.1, 0.15) is 5.76 Å². The predicted molar refractivity (Wildman–Crippen MR) is 96.0 cm³/mol. The van der Waals surface area contributed by atoms with Crippen molar-refractivity contribution in [1.82, 2.24) is 10.6 Å². The van der Waals surface area contributed by atoms with Crippen LogP contribution in [0, 0.1) is 0 Å². The minimum absolute atomic E-state index is 0.142. The molecule has 0 aliphatic carbocycles. The summed E-state index contributed by atoms with van der Waals surface area (Å²) in [5.74, 6) is 1.66. The van der Waals surface area contributed by atoms with Crippen LogP contribution in [0.5, 0.6) is 11.5 Å². The van der Waals surface area contributed by atoms with Gasteiger partial charge in [-0.2, -0.15) is 0 Å². The van der Waals surface area contributed by atoms with E-state index in [2.05, 4.69) is 10.6 Å². The third-order valence-electron chi connectivity index (χ3n) is 3.80. The number of carbonyl (C=O) groups is 2. The molecule has 2 rings (SSSR count). The maximum absolute atomic E-state index is 11.8. The molecule has 2 amide bonds. The number of ether oxygens (including phenoxy) is 2. The van der Waals surface area contributed by atoms with E-state index in [1.165, 1.54) is 0 Å². The van der Waals surface area contributed by atoms with Crippen molar-refractivity contribution < 1.29 is 23.5 Å². The third kappa shape index (κ3) is 6.16. The fraction of sp³-hybridized carbons (Fsp3) is 0.368. The quantitative estimate of drug-likeness (QED) is 0.677. The lowest BCUT2D eigenvalue weighted by molar-refractivity contribution is -0.126. The Bertz CT molecular complexity index is 713. The Morgan fingerprint density at radius 2 is 1.73 bits per heavy atom. The summed E-state index contributed by atoms with van der Waals surface area (Å²) in [6, 6.07) is 9.18. The van der Waals surface area contributed by atoms with Gasteiger partial charge in [-0.3, -0.25) is 9.59 Å². The number of amides is 2. The number of methoxy groups -OCH3 is 2. The lowest BCUT2D eigenvalue weighted by atomic mass is 10.1. The molecular weight excluding hydrogens is 336 g/mol. The maximum atomic E-state index is 11.8. The van der Waals surface area contributed by atoms with E-state index in [1.807, 2.05) is 18.2 Å². The molecule has 0 saturated heterocycles. The molecule has 1 heterocycles. The van der Waals surface area contributed by atoms with Crippen molar-refractivity contribution in [3.05, 3.63) is 47.9 Å². The molecule has 7 nitrogen and oxygen atoms in total. The molecule has 26 heavy (non-hydrogen) atoms. The van der Waals surface area contributed by atoms with Gasteiger partial charge in [0.2, 0.25) is 11.8 Å². The minimum Gasteiger partial charge on any atom is -0.493 e. The minimum atomic E-state index is -0.184. The Morgan fingerprint density at radius 1 is 1.00 bits per heavy atom.